The van der Waals surface area contributed by atoms with Gasteiger partial charge >= 0.3 is 0 Å². The van der Waals surface area contributed by atoms with E-state index in [4.69, 9.17) is 19.4 Å². The molecule has 0 radical (unpaired) electrons. The van der Waals surface area contributed by atoms with Crippen molar-refractivity contribution >= 4 is 16.6 Å². The summed E-state index contributed by atoms with van der Waals surface area (Å²) < 4.78 is 13.5. The monoisotopic (exact) mass is 521 g/mol. The van der Waals surface area contributed by atoms with Crippen molar-refractivity contribution in [1.82, 2.24) is 14.5 Å². The largest absolute Gasteiger partial charge is 0.496 e. The highest BCUT2D eigenvalue weighted by atomic mass is 16.5. The van der Waals surface area contributed by atoms with Crippen molar-refractivity contribution < 1.29 is 9.47 Å². The number of nitriles is 1. The SMILES string of the molecule is C/C=C(C)\C(=N/C)c1cc(C)nc2c(OCc3c(OC)cc(C)nc3Cn3cccc(C#N)c3=O)cccc12. The molecule has 198 valence electrons. The van der Waals surface area contributed by atoms with Gasteiger partial charge in [0.15, 0.2) is 0 Å². The first-order valence-electron chi connectivity index (χ1n) is 12.6. The van der Waals surface area contributed by atoms with Gasteiger partial charge in [0.1, 0.15) is 35.3 Å². The molecule has 39 heavy (non-hydrogen) atoms. The van der Waals surface area contributed by atoms with Crippen LogP contribution in [0.4, 0.5) is 0 Å². The van der Waals surface area contributed by atoms with Crippen molar-refractivity contribution in [3.05, 3.63) is 104 Å². The average molecular weight is 522 g/mol. The third-order valence-corrected chi connectivity index (χ3v) is 6.57. The van der Waals surface area contributed by atoms with Crippen LogP contribution < -0.4 is 15.0 Å². The van der Waals surface area contributed by atoms with Gasteiger partial charge in [-0.25, -0.2) is 4.98 Å². The number of aliphatic imine (C=N–C) groups is 1. The van der Waals surface area contributed by atoms with E-state index in [9.17, 15) is 10.1 Å². The van der Waals surface area contributed by atoms with E-state index in [1.54, 1.807) is 26.4 Å². The van der Waals surface area contributed by atoms with E-state index < -0.39 is 0 Å². The summed E-state index contributed by atoms with van der Waals surface area (Å²) in [6, 6.07) is 14.8. The molecule has 4 rings (SSSR count). The summed E-state index contributed by atoms with van der Waals surface area (Å²) in [6.07, 6.45) is 3.68. The fourth-order valence-corrected chi connectivity index (χ4v) is 4.57. The van der Waals surface area contributed by atoms with Crippen LogP contribution in [-0.4, -0.2) is 34.4 Å². The second-order valence-corrected chi connectivity index (χ2v) is 9.15. The maximum absolute atomic E-state index is 12.7. The molecule has 0 spiro atoms. The van der Waals surface area contributed by atoms with Crippen LogP contribution in [0.2, 0.25) is 0 Å². The number of benzene rings is 1. The topological polar surface area (TPSA) is 102 Å². The van der Waals surface area contributed by atoms with Crippen molar-refractivity contribution in [2.75, 3.05) is 14.2 Å². The van der Waals surface area contributed by atoms with E-state index in [1.807, 2.05) is 70.2 Å². The number of hydrogen-bond acceptors (Lipinski definition) is 7. The molecular weight excluding hydrogens is 490 g/mol. The first kappa shape index (κ1) is 27.3. The van der Waals surface area contributed by atoms with Crippen molar-refractivity contribution in [2.24, 2.45) is 4.99 Å². The standard InChI is InChI=1S/C31H31N5O3/c1-7-19(2)29(33-5)24-14-20(3)35-30-23(24)11-8-12-27(30)39-18-25-26(34-21(4)15-28(25)38-6)17-36-13-9-10-22(16-32)31(36)37/h7-15H,17-18H2,1-6H3/b19-7-,33-29+. The Labute approximate surface area is 227 Å². The highest BCUT2D eigenvalue weighted by Gasteiger charge is 2.18. The van der Waals surface area contributed by atoms with E-state index in [1.165, 1.54) is 10.6 Å². The molecule has 0 unspecified atom stereocenters. The quantitative estimate of drug-likeness (QED) is 0.292. The number of nitrogens with zero attached hydrogens (tertiary/aromatic N) is 5. The van der Waals surface area contributed by atoms with E-state index in [-0.39, 0.29) is 24.3 Å². The molecule has 3 heterocycles. The lowest BCUT2D eigenvalue weighted by molar-refractivity contribution is 0.296. The Morgan fingerprint density at radius 1 is 1.13 bits per heavy atom. The number of rotatable bonds is 8. The van der Waals surface area contributed by atoms with Crippen LogP contribution in [0.1, 0.15) is 47.6 Å². The number of methoxy groups -OCH3 is 1. The van der Waals surface area contributed by atoms with E-state index in [2.05, 4.69) is 4.99 Å². The van der Waals surface area contributed by atoms with Gasteiger partial charge in [0.05, 0.1) is 30.6 Å². The van der Waals surface area contributed by atoms with Gasteiger partial charge in [-0.2, -0.15) is 5.26 Å². The van der Waals surface area contributed by atoms with Crippen molar-refractivity contribution in [2.45, 2.75) is 40.8 Å². The smallest absolute Gasteiger partial charge is 0.268 e. The maximum atomic E-state index is 12.7. The Hall–Kier alpha value is -4.77. The Bertz CT molecular complexity index is 1710. The number of hydrogen-bond donors (Lipinski definition) is 0. The van der Waals surface area contributed by atoms with Gasteiger partial charge in [-0.15, -0.1) is 0 Å². The van der Waals surface area contributed by atoms with Crippen molar-refractivity contribution in [3.8, 4) is 17.6 Å². The van der Waals surface area contributed by atoms with Crippen molar-refractivity contribution in [3.63, 3.8) is 0 Å². The lowest BCUT2D eigenvalue weighted by Gasteiger charge is -2.17. The summed E-state index contributed by atoms with van der Waals surface area (Å²) in [5.41, 5.74) is 6.34. The van der Waals surface area contributed by atoms with Gasteiger partial charge in [-0.3, -0.25) is 14.8 Å². The van der Waals surface area contributed by atoms with Gasteiger partial charge in [0, 0.05) is 41.6 Å². The molecule has 0 saturated carbocycles. The molecule has 1 aromatic carbocycles. The van der Waals surface area contributed by atoms with Crippen LogP contribution in [0.3, 0.4) is 0 Å². The summed E-state index contributed by atoms with van der Waals surface area (Å²) in [4.78, 5) is 26.8. The number of pyridine rings is 3. The van der Waals surface area contributed by atoms with Crippen LogP contribution in [0.25, 0.3) is 10.9 Å². The molecule has 0 aliphatic heterocycles. The van der Waals surface area contributed by atoms with E-state index in [0.29, 0.717) is 22.8 Å². The molecular formula is C31H31N5O3. The van der Waals surface area contributed by atoms with Crippen LogP contribution in [-0.2, 0) is 13.2 Å². The molecule has 4 aromatic rings. The molecule has 0 N–H and O–H groups in total. The molecule has 0 amide bonds. The summed E-state index contributed by atoms with van der Waals surface area (Å²) in [5.74, 6) is 1.22. The maximum Gasteiger partial charge on any atom is 0.268 e. The lowest BCUT2D eigenvalue weighted by atomic mass is 9.98. The zero-order chi connectivity index (χ0) is 28.1. The molecule has 0 aliphatic carbocycles. The lowest BCUT2D eigenvalue weighted by Crippen LogP contribution is -2.23. The Kier molecular flexibility index (Phi) is 8.21. The normalized spacial score (nSPS) is 11.9. The van der Waals surface area contributed by atoms with Gasteiger partial charge in [-0.05, 0) is 57.5 Å². The third-order valence-electron chi connectivity index (χ3n) is 6.57. The number of aromatic nitrogens is 3. The summed E-state index contributed by atoms with van der Waals surface area (Å²) >= 11 is 0. The molecule has 8 nitrogen and oxygen atoms in total. The minimum absolute atomic E-state index is 0.0751. The molecule has 8 heteroatoms. The second kappa shape index (κ2) is 11.7. The molecule has 0 bridgehead atoms. The van der Waals surface area contributed by atoms with E-state index in [0.717, 1.165) is 39.1 Å². The third kappa shape index (κ3) is 5.58. The number of para-hydroxylation sites is 1. The number of ether oxygens (including phenoxy) is 2. The van der Waals surface area contributed by atoms with Gasteiger partial charge < -0.3 is 14.0 Å². The van der Waals surface area contributed by atoms with Gasteiger partial charge in [0.25, 0.3) is 5.56 Å². The molecule has 0 fully saturated rings. The van der Waals surface area contributed by atoms with Crippen LogP contribution in [0.15, 0.2) is 70.1 Å². The zero-order valence-corrected chi connectivity index (χ0v) is 23.1. The first-order valence-corrected chi connectivity index (χ1v) is 12.6. The first-order chi connectivity index (χ1) is 18.8. The predicted octanol–water partition coefficient (Wildman–Crippen LogP) is 5.30. The summed E-state index contributed by atoms with van der Waals surface area (Å²) in [5, 5.41) is 10.2. The Morgan fingerprint density at radius 3 is 2.59 bits per heavy atom. The highest BCUT2D eigenvalue weighted by molar-refractivity contribution is 6.19. The molecule has 3 aromatic heterocycles. The second-order valence-electron chi connectivity index (χ2n) is 9.15. The van der Waals surface area contributed by atoms with Gasteiger partial charge in [0.2, 0.25) is 0 Å². The van der Waals surface area contributed by atoms with Gasteiger partial charge in [-0.1, -0.05) is 18.2 Å². The minimum atomic E-state index is -0.375. The fraction of sp³-hybridized carbons (Fsp3) is 0.258. The molecule has 0 aliphatic rings. The summed E-state index contributed by atoms with van der Waals surface area (Å²) in [6.45, 7) is 8.17. The average Bonchev–Trinajstić information content (AvgIpc) is 2.93. The number of allylic oxidation sites excluding steroid dienone is 2. The van der Waals surface area contributed by atoms with Crippen LogP contribution in [0, 0.1) is 25.2 Å². The van der Waals surface area contributed by atoms with Crippen LogP contribution in [0.5, 0.6) is 11.5 Å². The zero-order valence-electron chi connectivity index (χ0n) is 23.1. The minimum Gasteiger partial charge on any atom is -0.496 e. The predicted molar refractivity (Wildman–Crippen MR) is 153 cm³/mol. The highest BCUT2D eigenvalue weighted by Crippen LogP contribution is 2.31. The molecule has 0 saturated heterocycles. The van der Waals surface area contributed by atoms with Crippen LogP contribution >= 0.6 is 0 Å². The molecule has 0 atom stereocenters. The Balaban J connectivity index is 1.77. The van der Waals surface area contributed by atoms with Crippen molar-refractivity contribution in [1.29, 1.82) is 5.26 Å². The van der Waals surface area contributed by atoms with E-state index >= 15 is 0 Å². The number of aryl methyl sites for hydroxylation is 2. The summed E-state index contributed by atoms with van der Waals surface area (Å²) in [7, 11) is 3.38. The number of fused-ring (bicyclic) bond motifs is 1. The fourth-order valence-electron chi connectivity index (χ4n) is 4.57. The Morgan fingerprint density at radius 2 is 1.90 bits per heavy atom.